The van der Waals surface area contributed by atoms with E-state index in [1.807, 2.05) is 0 Å². The molecule has 2 nitrogen and oxygen atoms in total. The monoisotopic (exact) mass is 136 g/mol. The number of hydrogen-bond acceptors (Lipinski definition) is 2. The van der Waals surface area contributed by atoms with E-state index in [0.29, 0.717) is 5.92 Å². The molecule has 0 saturated carbocycles. The molecule has 0 aliphatic carbocycles. The molecule has 0 aromatic rings. The molecule has 0 aromatic heterocycles. The van der Waals surface area contributed by atoms with Crippen molar-refractivity contribution in [1.29, 1.82) is 0 Å². The fourth-order valence-electron chi connectivity index (χ4n) is 0.655. The first-order valence-corrected chi connectivity index (χ1v) is 3.32. The molecule has 3 heteroatoms. The van der Waals surface area contributed by atoms with Crippen molar-refractivity contribution in [3.05, 3.63) is 0 Å². The third-order valence-electron chi connectivity index (χ3n) is 1.16. The van der Waals surface area contributed by atoms with Crippen LogP contribution in [0.5, 0.6) is 0 Å². The van der Waals surface area contributed by atoms with Gasteiger partial charge in [-0.25, -0.2) is 0 Å². The van der Waals surface area contributed by atoms with Crippen molar-refractivity contribution >= 4 is 5.97 Å². The normalized spacial score (nSPS) is 9.10. The van der Waals surface area contributed by atoms with Crippen LogP contribution in [0.1, 0.15) is 33.1 Å². The fourth-order valence-corrected chi connectivity index (χ4v) is 0.655. The van der Waals surface area contributed by atoms with E-state index in [9.17, 15) is 9.90 Å². The molecule has 0 unspecified atom stereocenters. The molecule has 54 valence electrons. The minimum atomic E-state index is -0.935. The summed E-state index contributed by atoms with van der Waals surface area (Å²) in [5.41, 5.74) is 0. The predicted molar refractivity (Wildman–Crippen MR) is 33.7 cm³/mol. The molecule has 10 heavy (non-hydrogen) atoms. The third kappa shape index (κ3) is 10.9. The van der Waals surface area contributed by atoms with Gasteiger partial charge >= 0.3 is 18.9 Å². The first-order chi connectivity index (χ1) is 4.13. The molecule has 0 atom stereocenters. The Morgan fingerprint density at radius 1 is 1.50 bits per heavy atom. The summed E-state index contributed by atoms with van der Waals surface area (Å²) >= 11 is 0. The van der Waals surface area contributed by atoms with Gasteiger partial charge in [0, 0.05) is 5.97 Å². The summed E-state index contributed by atoms with van der Waals surface area (Å²) in [6, 6.07) is 0. The van der Waals surface area contributed by atoms with Crippen molar-refractivity contribution in [2.24, 2.45) is 5.92 Å². The number of carboxylic acids is 1. The van der Waals surface area contributed by atoms with E-state index in [4.69, 9.17) is 0 Å². The Hall–Kier alpha value is 0.0674. The Morgan fingerprint density at radius 3 is 2.30 bits per heavy atom. The van der Waals surface area contributed by atoms with Gasteiger partial charge in [0.15, 0.2) is 0 Å². The smallest absolute Gasteiger partial charge is 0.550 e. The molecule has 0 fully saturated rings. The van der Waals surface area contributed by atoms with Gasteiger partial charge in [0.25, 0.3) is 0 Å². The molecular weight excluding hydrogens is 123 g/mol. The van der Waals surface area contributed by atoms with Gasteiger partial charge in [-0.15, -0.1) is 0 Å². The van der Waals surface area contributed by atoms with Crippen molar-refractivity contribution in [2.45, 2.75) is 33.1 Å². The summed E-state index contributed by atoms with van der Waals surface area (Å²) in [6.07, 6.45) is 1.94. The van der Waals surface area contributed by atoms with Crippen LogP contribution in [0.15, 0.2) is 0 Å². The van der Waals surface area contributed by atoms with Crippen molar-refractivity contribution in [3.8, 4) is 0 Å². The van der Waals surface area contributed by atoms with Crippen LogP contribution in [0, 0.1) is 5.92 Å². The molecule has 0 saturated heterocycles. The summed E-state index contributed by atoms with van der Waals surface area (Å²) in [7, 11) is 0. The average Bonchev–Trinajstić information content (AvgIpc) is 1.63. The second-order valence-corrected chi connectivity index (χ2v) is 2.66. The predicted octanol–water partition coefficient (Wildman–Crippen LogP) is -2.43. The van der Waals surface area contributed by atoms with Gasteiger partial charge in [0.1, 0.15) is 0 Å². The second kappa shape index (κ2) is 7.18. The third-order valence-corrected chi connectivity index (χ3v) is 1.16. The number of aliphatic carboxylic acids is 1. The minimum absolute atomic E-state index is 0. The largest absolute Gasteiger partial charge is 1.00 e. The van der Waals surface area contributed by atoms with Crippen LogP contribution >= 0.6 is 0 Å². The Balaban J connectivity index is 0. The molecule has 0 spiro atoms. The Morgan fingerprint density at radius 2 is 2.00 bits per heavy atom. The molecule has 0 amide bonds. The quantitative estimate of drug-likeness (QED) is 0.403. The van der Waals surface area contributed by atoms with Crippen molar-refractivity contribution < 1.29 is 28.8 Å². The summed E-state index contributed by atoms with van der Waals surface area (Å²) in [5, 5.41) is 9.87. The van der Waals surface area contributed by atoms with E-state index in [0.717, 1.165) is 12.8 Å². The van der Waals surface area contributed by atoms with E-state index in [-0.39, 0.29) is 25.3 Å². The van der Waals surface area contributed by atoms with E-state index in [2.05, 4.69) is 13.8 Å². The SMILES string of the molecule is CC(C)CCCC(=O)[O-].[Li+]. The van der Waals surface area contributed by atoms with Gasteiger partial charge in [-0.05, 0) is 18.8 Å². The molecule has 0 rings (SSSR count). The molecule has 0 N–H and O–H groups in total. The Labute approximate surface area is 74.2 Å². The number of rotatable bonds is 4. The van der Waals surface area contributed by atoms with Crippen LogP contribution in [0.4, 0.5) is 0 Å². The summed E-state index contributed by atoms with van der Waals surface area (Å²) in [6.45, 7) is 4.16. The van der Waals surface area contributed by atoms with Crippen molar-refractivity contribution in [3.63, 3.8) is 0 Å². The molecule has 0 aliphatic rings. The van der Waals surface area contributed by atoms with Crippen LogP contribution in [-0.4, -0.2) is 5.97 Å². The van der Waals surface area contributed by atoms with Crippen LogP contribution in [0.25, 0.3) is 0 Å². The molecule has 0 bridgehead atoms. The second-order valence-electron chi connectivity index (χ2n) is 2.66. The van der Waals surface area contributed by atoms with Crippen LogP contribution in [0.3, 0.4) is 0 Å². The standard InChI is InChI=1S/C7H14O2.Li/c1-6(2)4-3-5-7(8)9;/h6H,3-5H2,1-2H3,(H,8,9);/q;+1/p-1. The fraction of sp³-hybridized carbons (Fsp3) is 0.857. The molecule has 0 aliphatic heterocycles. The van der Waals surface area contributed by atoms with E-state index in [1.165, 1.54) is 0 Å². The zero-order valence-corrected chi connectivity index (χ0v) is 7.02. The summed E-state index contributed by atoms with van der Waals surface area (Å²) in [5.74, 6) is -0.333. The topological polar surface area (TPSA) is 40.1 Å². The van der Waals surface area contributed by atoms with Crippen LogP contribution in [-0.2, 0) is 4.79 Å². The maximum absolute atomic E-state index is 9.87. The van der Waals surface area contributed by atoms with E-state index in [1.54, 1.807) is 0 Å². The first kappa shape index (κ1) is 12.7. The number of carbonyl (C=O) groups excluding carboxylic acids is 1. The minimum Gasteiger partial charge on any atom is -0.550 e. The van der Waals surface area contributed by atoms with Gasteiger partial charge in [-0.1, -0.05) is 20.3 Å². The maximum Gasteiger partial charge on any atom is 1.00 e. The van der Waals surface area contributed by atoms with E-state index >= 15 is 0 Å². The molecule has 0 aromatic carbocycles. The molecule has 0 radical (unpaired) electrons. The zero-order chi connectivity index (χ0) is 7.28. The zero-order valence-electron chi connectivity index (χ0n) is 7.02. The first-order valence-electron chi connectivity index (χ1n) is 3.32. The van der Waals surface area contributed by atoms with Crippen molar-refractivity contribution in [1.82, 2.24) is 0 Å². The average molecular weight is 136 g/mol. The van der Waals surface area contributed by atoms with Gasteiger partial charge in [-0.3, -0.25) is 0 Å². The van der Waals surface area contributed by atoms with Gasteiger partial charge in [0.05, 0.1) is 0 Å². The summed E-state index contributed by atoms with van der Waals surface area (Å²) < 4.78 is 0. The molecular formula is C7H13LiO2. The summed E-state index contributed by atoms with van der Waals surface area (Å²) in [4.78, 5) is 9.87. The Kier molecular flexibility index (Phi) is 9.13. The molecule has 0 heterocycles. The van der Waals surface area contributed by atoms with Crippen LogP contribution in [0.2, 0.25) is 0 Å². The number of carboxylic acid groups (broad SMARTS) is 1. The van der Waals surface area contributed by atoms with E-state index < -0.39 is 5.97 Å². The van der Waals surface area contributed by atoms with Gasteiger partial charge in [-0.2, -0.15) is 0 Å². The number of carbonyl (C=O) groups is 1. The van der Waals surface area contributed by atoms with Gasteiger partial charge < -0.3 is 9.90 Å². The Bertz CT molecular complexity index is 91.6. The maximum atomic E-state index is 9.87. The number of hydrogen-bond donors (Lipinski definition) is 0. The van der Waals surface area contributed by atoms with Crippen molar-refractivity contribution in [2.75, 3.05) is 0 Å². The van der Waals surface area contributed by atoms with Gasteiger partial charge in [0.2, 0.25) is 0 Å². The van der Waals surface area contributed by atoms with Crippen LogP contribution < -0.4 is 24.0 Å².